The normalized spacial score (nSPS) is 15.0. The topological polar surface area (TPSA) is 118 Å². The van der Waals surface area contributed by atoms with Gasteiger partial charge in [-0.3, -0.25) is 14.1 Å². The van der Waals surface area contributed by atoms with E-state index in [9.17, 15) is 22.4 Å². The number of rotatable bonds is 7. The zero-order chi connectivity index (χ0) is 13.6. The number of hydrogen-bond acceptors (Lipinski definition) is 5. The van der Waals surface area contributed by atoms with E-state index >= 15 is 0 Å². The van der Waals surface area contributed by atoms with E-state index < -0.39 is 40.1 Å². The first-order valence-electron chi connectivity index (χ1n) is 4.71. The number of carboxylic acid groups (broad SMARTS) is 1. The van der Waals surface area contributed by atoms with Crippen molar-refractivity contribution in [1.29, 1.82) is 0 Å². The van der Waals surface area contributed by atoms with Gasteiger partial charge in [0.25, 0.3) is 10.1 Å². The Balaban J connectivity index is 4.72. The summed E-state index contributed by atoms with van der Waals surface area (Å²) in [4.78, 5) is 21.4. The Morgan fingerprint density at radius 3 is 2.29 bits per heavy atom. The van der Waals surface area contributed by atoms with Crippen LogP contribution in [0.1, 0.15) is 26.2 Å². The molecule has 0 aromatic carbocycles. The number of alkyl halides is 1. The SMILES string of the molecule is CCCC(F)OC(=O)C(CC(=O)O)S(=O)(=O)O. The zero-order valence-electron chi connectivity index (χ0n) is 9.00. The van der Waals surface area contributed by atoms with Crippen molar-refractivity contribution in [2.24, 2.45) is 0 Å². The van der Waals surface area contributed by atoms with Gasteiger partial charge in [0, 0.05) is 6.42 Å². The summed E-state index contributed by atoms with van der Waals surface area (Å²) in [6.45, 7) is 1.61. The summed E-state index contributed by atoms with van der Waals surface area (Å²) in [6.07, 6.45) is -3.00. The molecule has 0 aliphatic carbocycles. The monoisotopic (exact) mass is 272 g/mol. The molecule has 0 fully saturated rings. The van der Waals surface area contributed by atoms with Gasteiger partial charge in [0.2, 0.25) is 6.36 Å². The molecule has 2 atom stereocenters. The van der Waals surface area contributed by atoms with E-state index in [1.54, 1.807) is 6.92 Å². The average molecular weight is 272 g/mol. The molecule has 0 saturated carbocycles. The molecule has 0 bridgehead atoms. The molecular weight excluding hydrogens is 259 g/mol. The van der Waals surface area contributed by atoms with Crippen molar-refractivity contribution < 1.29 is 36.8 Å². The van der Waals surface area contributed by atoms with Crippen molar-refractivity contribution in [3.05, 3.63) is 0 Å². The van der Waals surface area contributed by atoms with Crippen LogP contribution in [0.25, 0.3) is 0 Å². The number of esters is 1. The van der Waals surface area contributed by atoms with Crippen LogP contribution in [0.5, 0.6) is 0 Å². The second kappa shape index (κ2) is 6.50. The molecule has 0 aliphatic heterocycles. The van der Waals surface area contributed by atoms with Crippen LogP contribution < -0.4 is 0 Å². The molecule has 100 valence electrons. The number of carboxylic acids is 1. The standard InChI is InChI=1S/C8H13FO7S/c1-2-3-6(9)16-8(12)5(4-7(10)11)17(13,14)15/h5-6H,2-4H2,1H3,(H,10,11)(H,13,14,15). The highest BCUT2D eigenvalue weighted by molar-refractivity contribution is 7.87. The summed E-state index contributed by atoms with van der Waals surface area (Å²) in [5.41, 5.74) is 0. The number of aliphatic carboxylic acids is 1. The van der Waals surface area contributed by atoms with Gasteiger partial charge in [-0.2, -0.15) is 8.42 Å². The summed E-state index contributed by atoms with van der Waals surface area (Å²) in [7, 11) is -4.94. The van der Waals surface area contributed by atoms with Crippen LogP contribution in [0.2, 0.25) is 0 Å². The van der Waals surface area contributed by atoms with Crippen molar-refractivity contribution in [2.75, 3.05) is 0 Å². The van der Waals surface area contributed by atoms with Crippen molar-refractivity contribution >= 4 is 22.1 Å². The van der Waals surface area contributed by atoms with E-state index in [0.717, 1.165) is 0 Å². The van der Waals surface area contributed by atoms with Gasteiger partial charge in [0.1, 0.15) is 0 Å². The third kappa shape index (κ3) is 6.17. The fourth-order valence-corrected chi connectivity index (χ4v) is 1.61. The molecule has 0 heterocycles. The third-order valence-corrected chi connectivity index (χ3v) is 2.82. The fourth-order valence-electron chi connectivity index (χ4n) is 0.957. The molecule has 0 amide bonds. The first kappa shape index (κ1) is 15.8. The van der Waals surface area contributed by atoms with Crippen LogP contribution >= 0.6 is 0 Å². The Hall–Kier alpha value is -1.22. The number of carbonyl (C=O) groups excluding carboxylic acids is 1. The Morgan fingerprint density at radius 2 is 1.94 bits per heavy atom. The highest BCUT2D eigenvalue weighted by Gasteiger charge is 2.36. The highest BCUT2D eigenvalue weighted by Crippen LogP contribution is 2.11. The predicted octanol–water partition coefficient (Wildman–Crippen LogP) is 0.356. The molecule has 9 heteroatoms. The van der Waals surface area contributed by atoms with Gasteiger partial charge >= 0.3 is 11.9 Å². The summed E-state index contributed by atoms with van der Waals surface area (Å²) >= 11 is 0. The number of hydrogen-bond donors (Lipinski definition) is 2. The maximum Gasteiger partial charge on any atom is 0.329 e. The van der Waals surface area contributed by atoms with Gasteiger partial charge < -0.3 is 9.84 Å². The molecule has 17 heavy (non-hydrogen) atoms. The van der Waals surface area contributed by atoms with Crippen molar-refractivity contribution in [2.45, 2.75) is 37.8 Å². The maximum absolute atomic E-state index is 12.9. The number of halogens is 1. The van der Waals surface area contributed by atoms with Crippen LogP contribution in [0.15, 0.2) is 0 Å². The van der Waals surface area contributed by atoms with Crippen molar-refractivity contribution in [1.82, 2.24) is 0 Å². The predicted molar refractivity (Wildman–Crippen MR) is 53.5 cm³/mol. The first-order valence-corrected chi connectivity index (χ1v) is 6.21. The second-order valence-corrected chi connectivity index (χ2v) is 4.84. The molecule has 0 spiro atoms. The van der Waals surface area contributed by atoms with Gasteiger partial charge in [-0.1, -0.05) is 6.92 Å². The van der Waals surface area contributed by atoms with Gasteiger partial charge in [0.05, 0.1) is 6.42 Å². The smallest absolute Gasteiger partial charge is 0.329 e. The largest absolute Gasteiger partial charge is 0.481 e. The van der Waals surface area contributed by atoms with E-state index in [2.05, 4.69) is 4.74 Å². The Kier molecular flexibility index (Phi) is 6.03. The lowest BCUT2D eigenvalue weighted by Crippen LogP contribution is -2.35. The molecule has 0 rings (SSSR count). The maximum atomic E-state index is 12.9. The van der Waals surface area contributed by atoms with E-state index in [-0.39, 0.29) is 6.42 Å². The van der Waals surface area contributed by atoms with Crippen molar-refractivity contribution in [3.8, 4) is 0 Å². The van der Waals surface area contributed by atoms with Gasteiger partial charge in [-0.05, 0) is 6.42 Å². The Labute approximate surface area is 97.3 Å². The lowest BCUT2D eigenvalue weighted by molar-refractivity contribution is -0.159. The summed E-state index contributed by atoms with van der Waals surface area (Å²) in [5.74, 6) is -3.24. The highest BCUT2D eigenvalue weighted by atomic mass is 32.2. The Morgan fingerprint density at radius 1 is 1.41 bits per heavy atom. The average Bonchev–Trinajstić information content (AvgIpc) is 2.12. The number of carbonyl (C=O) groups is 2. The first-order chi connectivity index (χ1) is 7.68. The van der Waals surface area contributed by atoms with Gasteiger partial charge in [-0.25, -0.2) is 4.39 Å². The lowest BCUT2D eigenvalue weighted by atomic mass is 10.3. The van der Waals surface area contributed by atoms with E-state index in [4.69, 9.17) is 9.66 Å². The van der Waals surface area contributed by atoms with Crippen LogP contribution in [0.3, 0.4) is 0 Å². The van der Waals surface area contributed by atoms with Crippen LogP contribution in [0, 0.1) is 0 Å². The van der Waals surface area contributed by atoms with Crippen LogP contribution in [-0.2, 0) is 24.4 Å². The minimum Gasteiger partial charge on any atom is -0.481 e. The van der Waals surface area contributed by atoms with Crippen LogP contribution in [-0.4, -0.2) is 41.6 Å². The summed E-state index contributed by atoms with van der Waals surface area (Å²) < 4.78 is 47.0. The molecule has 0 radical (unpaired) electrons. The minimum absolute atomic E-state index is 0.142. The second-order valence-electron chi connectivity index (χ2n) is 3.24. The molecule has 0 aromatic rings. The number of ether oxygens (including phenoxy) is 1. The molecule has 2 N–H and O–H groups in total. The molecular formula is C8H13FO7S. The van der Waals surface area contributed by atoms with Gasteiger partial charge in [0.15, 0.2) is 5.25 Å². The Bertz CT molecular complexity index is 377. The molecule has 0 aliphatic rings. The van der Waals surface area contributed by atoms with Gasteiger partial charge in [-0.15, -0.1) is 0 Å². The summed E-state index contributed by atoms with van der Waals surface area (Å²) in [5, 5.41) is 6.05. The van der Waals surface area contributed by atoms with E-state index in [0.29, 0.717) is 6.42 Å². The third-order valence-electron chi connectivity index (χ3n) is 1.74. The molecule has 2 unspecified atom stereocenters. The molecule has 0 saturated heterocycles. The van der Waals surface area contributed by atoms with E-state index in [1.165, 1.54) is 0 Å². The zero-order valence-corrected chi connectivity index (χ0v) is 9.81. The minimum atomic E-state index is -4.94. The lowest BCUT2D eigenvalue weighted by Gasteiger charge is -2.13. The van der Waals surface area contributed by atoms with Crippen molar-refractivity contribution in [3.63, 3.8) is 0 Å². The van der Waals surface area contributed by atoms with E-state index in [1.807, 2.05) is 0 Å². The summed E-state index contributed by atoms with van der Waals surface area (Å²) in [6, 6.07) is 0. The fraction of sp³-hybridized carbons (Fsp3) is 0.750. The molecule has 7 nitrogen and oxygen atoms in total. The molecule has 0 aromatic heterocycles. The quantitative estimate of drug-likeness (QED) is 0.507. The van der Waals surface area contributed by atoms with Crippen LogP contribution in [0.4, 0.5) is 4.39 Å².